The van der Waals surface area contributed by atoms with Crippen molar-refractivity contribution >= 4 is 17.7 Å². The standard InChI is InChI=1S/C6H14N2OS/c1-5(2)10-4-3-6(9)8-7/h5H,3-4,7H2,1-2H3,(H,8,9). The molecule has 0 heterocycles. The summed E-state index contributed by atoms with van der Waals surface area (Å²) in [7, 11) is 0. The van der Waals surface area contributed by atoms with Gasteiger partial charge in [0.1, 0.15) is 0 Å². The van der Waals surface area contributed by atoms with Crippen LogP contribution in [-0.2, 0) is 4.79 Å². The second kappa shape index (κ2) is 5.56. The molecule has 0 spiro atoms. The maximum absolute atomic E-state index is 10.5. The number of carbonyl (C=O) groups is 1. The van der Waals surface area contributed by atoms with Gasteiger partial charge in [0.05, 0.1) is 0 Å². The van der Waals surface area contributed by atoms with Crippen LogP contribution in [0.4, 0.5) is 0 Å². The summed E-state index contributed by atoms with van der Waals surface area (Å²) in [6.07, 6.45) is 0.513. The first kappa shape index (κ1) is 9.78. The number of hydrazine groups is 1. The Morgan fingerprint density at radius 2 is 2.30 bits per heavy atom. The van der Waals surface area contributed by atoms with Crippen molar-refractivity contribution < 1.29 is 4.79 Å². The first-order chi connectivity index (χ1) is 4.66. The Kier molecular flexibility index (Phi) is 5.43. The number of hydrogen-bond acceptors (Lipinski definition) is 3. The van der Waals surface area contributed by atoms with E-state index in [1.807, 2.05) is 0 Å². The maximum atomic E-state index is 10.5. The van der Waals surface area contributed by atoms with Crippen molar-refractivity contribution in [2.75, 3.05) is 5.75 Å². The van der Waals surface area contributed by atoms with Crippen molar-refractivity contribution in [3.05, 3.63) is 0 Å². The lowest BCUT2D eigenvalue weighted by Crippen LogP contribution is -2.30. The summed E-state index contributed by atoms with van der Waals surface area (Å²) in [4.78, 5) is 10.5. The molecule has 0 saturated heterocycles. The third-order valence-electron chi connectivity index (χ3n) is 0.941. The maximum Gasteiger partial charge on any atom is 0.234 e. The van der Waals surface area contributed by atoms with E-state index in [1.54, 1.807) is 11.8 Å². The van der Waals surface area contributed by atoms with Gasteiger partial charge in [0.2, 0.25) is 5.91 Å². The number of amides is 1. The summed E-state index contributed by atoms with van der Waals surface area (Å²) in [6.45, 7) is 4.20. The minimum atomic E-state index is -0.0897. The smallest absolute Gasteiger partial charge is 0.234 e. The Labute approximate surface area is 65.7 Å². The molecule has 3 nitrogen and oxygen atoms in total. The van der Waals surface area contributed by atoms with Crippen LogP contribution in [0.5, 0.6) is 0 Å². The average Bonchev–Trinajstić information content (AvgIpc) is 1.87. The van der Waals surface area contributed by atoms with E-state index in [0.29, 0.717) is 11.7 Å². The Balaban J connectivity index is 3.12. The number of nitrogens with one attached hydrogen (secondary N) is 1. The fourth-order valence-electron chi connectivity index (χ4n) is 0.459. The summed E-state index contributed by atoms with van der Waals surface area (Å²) in [5, 5.41) is 0.588. The highest BCUT2D eigenvalue weighted by atomic mass is 32.2. The minimum absolute atomic E-state index is 0.0897. The average molecular weight is 162 g/mol. The molecular weight excluding hydrogens is 148 g/mol. The molecule has 0 aromatic heterocycles. The van der Waals surface area contributed by atoms with Gasteiger partial charge in [-0.1, -0.05) is 13.8 Å². The Bertz CT molecular complexity index is 106. The largest absolute Gasteiger partial charge is 0.294 e. The van der Waals surface area contributed by atoms with E-state index in [4.69, 9.17) is 5.84 Å². The van der Waals surface area contributed by atoms with Crippen LogP contribution in [0.3, 0.4) is 0 Å². The van der Waals surface area contributed by atoms with Crippen LogP contribution in [0.1, 0.15) is 20.3 Å². The molecule has 4 heteroatoms. The van der Waals surface area contributed by atoms with Gasteiger partial charge in [-0.3, -0.25) is 10.2 Å². The van der Waals surface area contributed by atoms with Gasteiger partial charge in [-0.2, -0.15) is 11.8 Å². The van der Waals surface area contributed by atoms with Gasteiger partial charge < -0.3 is 0 Å². The third-order valence-corrected chi connectivity index (χ3v) is 2.05. The zero-order valence-electron chi connectivity index (χ0n) is 6.39. The second-order valence-electron chi connectivity index (χ2n) is 2.24. The van der Waals surface area contributed by atoms with Crippen LogP contribution in [0.25, 0.3) is 0 Å². The van der Waals surface area contributed by atoms with E-state index in [9.17, 15) is 4.79 Å². The van der Waals surface area contributed by atoms with Gasteiger partial charge in [-0.15, -0.1) is 0 Å². The quantitative estimate of drug-likeness (QED) is 0.360. The number of rotatable bonds is 4. The summed E-state index contributed by atoms with van der Waals surface area (Å²) in [5.41, 5.74) is 2.09. The zero-order chi connectivity index (χ0) is 7.98. The van der Waals surface area contributed by atoms with Crippen molar-refractivity contribution in [1.29, 1.82) is 0 Å². The van der Waals surface area contributed by atoms with Gasteiger partial charge in [0.15, 0.2) is 0 Å². The van der Waals surface area contributed by atoms with Gasteiger partial charge in [0.25, 0.3) is 0 Å². The number of nitrogens with two attached hydrogens (primary N) is 1. The monoisotopic (exact) mass is 162 g/mol. The molecular formula is C6H14N2OS. The molecule has 10 heavy (non-hydrogen) atoms. The molecule has 0 saturated carbocycles. The molecule has 0 rings (SSSR count). The lowest BCUT2D eigenvalue weighted by atomic mass is 10.5. The minimum Gasteiger partial charge on any atom is -0.294 e. The Morgan fingerprint density at radius 1 is 1.70 bits per heavy atom. The highest BCUT2D eigenvalue weighted by Crippen LogP contribution is 2.09. The fourth-order valence-corrected chi connectivity index (χ4v) is 1.23. The van der Waals surface area contributed by atoms with Crippen LogP contribution in [-0.4, -0.2) is 16.9 Å². The Morgan fingerprint density at radius 3 is 2.70 bits per heavy atom. The zero-order valence-corrected chi connectivity index (χ0v) is 7.20. The molecule has 0 unspecified atom stereocenters. The van der Waals surface area contributed by atoms with E-state index in [1.165, 1.54) is 0 Å². The second-order valence-corrected chi connectivity index (χ2v) is 3.92. The van der Waals surface area contributed by atoms with Crippen LogP contribution in [0.2, 0.25) is 0 Å². The third kappa shape index (κ3) is 5.91. The molecule has 0 aromatic rings. The molecule has 60 valence electrons. The number of carbonyl (C=O) groups excluding carboxylic acids is 1. The molecule has 0 aliphatic rings. The molecule has 0 bridgehead atoms. The molecule has 3 N–H and O–H groups in total. The first-order valence-corrected chi connectivity index (χ1v) is 4.32. The summed E-state index contributed by atoms with van der Waals surface area (Å²) >= 11 is 1.76. The molecule has 0 aromatic carbocycles. The topological polar surface area (TPSA) is 55.1 Å². The van der Waals surface area contributed by atoms with E-state index in [2.05, 4.69) is 19.3 Å². The highest BCUT2D eigenvalue weighted by molar-refractivity contribution is 7.99. The molecule has 1 amide bonds. The molecule has 0 radical (unpaired) electrons. The predicted molar refractivity (Wildman–Crippen MR) is 44.5 cm³/mol. The van der Waals surface area contributed by atoms with Crippen molar-refractivity contribution in [3.63, 3.8) is 0 Å². The highest BCUT2D eigenvalue weighted by Gasteiger charge is 1.98. The summed E-state index contributed by atoms with van der Waals surface area (Å²) < 4.78 is 0. The van der Waals surface area contributed by atoms with Gasteiger partial charge in [0, 0.05) is 12.2 Å². The molecule has 0 aliphatic heterocycles. The molecule has 0 aliphatic carbocycles. The van der Waals surface area contributed by atoms with Crippen molar-refractivity contribution in [3.8, 4) is 0 Å². The predicted octanol–water partition coefficient (Wildman–Crippen LogP) is 0.508. The van der Waals surface area contributed by atoms with Crippen LogP contribution < -0.4 is 11.3 Å². The SMILES string of the molecule is CC(C)SCCC(=O)NN. The number of thioether (sulfide) groups is 1. The first-order valence-electron chi connectivity index (χ1n) is 3.28. The van der Waals surface area contributed by atoms with E-state index in [-0.39, 0.29) is 5.91 Å². The Hall–Kier alpha value is -0.220. The fraction of sp³-hybridized carbons (Fsp3) is 0.833. The van der Waals surface area contributed by atoms with Gasteiger partial charge in [-0.05, 0) is 5.25 Å². The van der Waals surface area contributed by atoms with Crippen LogP contribution >= 0.6 is 11.8 Å². The van der Waals surface area contributed by atoms with Crippen molar-refractivity contribution in [2.45, 2.75) is 25.5 Å². The molecule has 0 atom stereocenters. The summed E-state index contributed by atoms with van der Waals surface area (Å²) in [5.74, 6) is 5.64. The van der Waals surface area contributed by atoms with Crippen LogP contribution in [0, 0.1) is 0 Å². The van der Waals surface area contributed by atoms with Gasteiger partial charge >= 0.3 is 0 Å². The lowest BCUT2D eigenvalue weighted by molar-refractivity contribution is -0.120. The van der Waals surface area contributed by atoms with Gasteiger partial charge in [-0.25, -0.2) is 5.84 Å². The summed E-state index contributed by atoms with van der Waals surface area (Å²) in [6, 6.07) is 0. The van der Waals surface area contributed by atoms with E-state index >= 15 is 0 Å². The lowest BCUT2D eigenvalue weighted by Gasteiger charge is -2.02. The van der Waals surface area contributed by atoms with E-state index in [0.717, 1.165) is 5.75 Å². The van der Waals surface area contributed by atoms with Crippen molar-refractivity contribution in [2.24, 2.45) is 5.84 Å². The van der Waals surface area contributed by atoms with E-state index < -0.39 is 0 Å². The molecule has 0 fully saturated rings. The van der Waals surface area contributed by atoms with Crippen molar-refractivity contribution in [1.82, 2.24) is 5.43 Å². The normalized spacial score (nSPS) is 10.0. The van der Waals surface area contributed by atoms with Crippen LogP contribution in [0.15, 0.2) is 0 Å². The number of hydrogen-bond donors (Lipinski definition) is 2.